The molecule has 11 heteroatoms. The second-order valence-electron chi connectivity index (χ2n) is 0.990. The third kappa shape index (κ3) is 82700. The summed E-state index contributed by atoms with van der Waals surface area (Å²) in [4.78, 5) is 0. The Kier molecular flexibility index (Phi) is 8.94. The van der Waals surface area contributed by atoms with Gasteiger partial charge in [0.15, 0.2) is 0 Å². The molecule has 75 valence electrons. The van der Waals surface area contributed by atoms with E-state index in [0.29, 0.717) is 0 Å². The number of hydrogen-bond donors (Lipinski definition) is 0. The third-order valence-corrected chi connectivity index (χ3v) is 0. The van der Waals surface area contributed by atoms with E-state index in [1.165, 1.54) is 0 Å². The van der Waals surface area contributed by atoms with Crippen LogP contribution in [0, 0.1) is 0 Å². The van der Waals surface area contributed by atoms with E-state index in [2.05, 4.69) is 0 Å². The fourth-order valence-corrected chi connectivity index (χ4v) is 0. The summed E-state index contributed by atoms with van der Waals surface area (Å²) < 4.78 is 78.0. The first-order chi connectivity index (χ1) is 4.00. The van der Waals surface area contributed by atoms with Crippen LogP contribution in [0.5, 0.6) is 0 Å². The van der Waals surface area contributed by atoms with Crippen molar-refractivity contribution in [3.63, 3.8) is 0 Å². The predicted molar refractivity (Wildman–Crippen MR) is 20.4 cm³/mol. The molecule has 0 unspecified atom stereocenters. The van der Waals surface area contributed by atoms with E-state index in [1.54, 1.807) is 0 Å². The van der Waals surface area contributed by atoms with E-state index in [1.807, 2.05) is 0 Å². The standard InChI is InChI=1S/2BF4.Cu/c2*2-1(3,4)5;/q2*-1;. The maximum Gasteiger partial charge on any atom is 0.673 e. The molecule has 0 aliphatic rings. The van der Waals surface area contributed by atoms with Crippen LogP contribution in [0.15, 0.2) is 0 Å². The molecule has 0 rings (SSSR count). The van der Waals surface area contributed by atoms with Crippen molar-refractivity contribution in [3.8, 4) is 0 Å². The molecule has 0 aliphatic heterocycles. The van der Waals surface area contributed by atoms with Crippen LogP contribution in [-0.2, 0) is 17.1 Å². The largest absolute Gasteiger partial charge is 0.673 e. The topological polar surface area (TPSA) is 0 Å². The maximum atomic E-state index is 9.75. The van der Waals surface area contributed by atoms with Crippen molar-refractivity contribution in [2.75, 3.05) is 0 Å². The van der Waals surface area contributed by atoms with Crippen LogP contribution < -0.4 is 0 Å². The van der Waals surface area contributed by atoms with Gasteiger partial charge < -0.3 is 34.5 Å². The Morgan fingerprint density at radius 3 is 0.455 bits per heavy atom. The Labute approximate surface area is 67.0 Å². The van der Waals surface area contributed by atoms with Gasteiger partial charge in [0.05, 0.1) is 0 Å². The molecule has 0 bridgehead atoms. The Bertz CT molecular complexity index is 55.1. The Morgan fingerprint density at radius 2 is 0.455 bits per heavy atom. The van der Waals surface area contributed by atoms with Crippen molar-refractivity contribution < 1.29 is 51.6 Å². The number of hydrogen-bond acceptors (Lipinski definition) is 0. The summed E-state index contributed by atoms with van der Waals surface area (Å²) in [5, 5.41) is 0. The van der Waals surface area contributed by atoms with E-state index in [9.17, 15) is 34.5 Å². The van der Waals surface area contributed by atoms with Gasteiger partial charge in [-0.1, -0.05) is 0 Å². The van der Waals surface area contributed by atoms with Gasteiger partial charge in [0.2, 0.25) is 0 Å². The normalized spacial score (nSPS) is 10.9. The second kappa shape index (κ2) is 5.70. The van der Waals surface area contributed by atoms with Crippen molar-refractivity contribution >= 4 is 14.5 Å². The average Bonchev–Trinajstić information content (AvgIpc) is 1.12. The van der Waals surface area contributed by atoms with E-state index >= 15 is 0 Å². The van der Waals surface area contributed by atoms with Gasteiger partial charge >= 0.3 is 14.5 Å². The molecular formula is B2CuF8-2. The van der Waals surface area contributed by atoms with Crippen LogP contribution >= 0.6 is 0 Å². The van der Waals surface area contributed by atoms with Crippen LogP contribution in [0.3, 0.4) is 0 Å². The van der Waals surface area contributed by atoms with Crippen LogP contribution in [0.1, 0.15) is 0 Å². The zero-order valence-electron chi connectivity index (χ0n) is 4.48. The second-order valence-corrected chi connectivity index (χ2v) is 0.990. The van der Waals surface area contributed by atoms with Gasteiger partial charge in [0.1, 0.15) is 0 Å². The average molecular weight is 237 g/mol. The predicted octanol–water partition coefficient (Wildman–Crippen LogP) is 2.60. The summed E-state index contributed by atoms with van der Waals surface area (Å²) in [6, 6.07) is 0. The molecule has 0 aliphatic carbocycles. The van der Waals surface area contributed by atoms with Crippen molar-refractivity contribution in [1.82, 2.24) is 0 Å². The molecule has 0 N–H and O–H groups in total. The van der Waals surface area contributed by atoms with Crippen molar-refractivity contribution in [2.24, 2.45) is 0 Å². The summed E-state index contributed by atoms with van der Waals surface area (Å²) in [7, 11) is -12.0. The maximum absolute atomic E-state index is 9.75. The quantitative estimate of drug-likeness (QED) is 0.448. The van der Waals surface area contributed by atoms with Crippen molar-refractivity contribution in [1.29, 1.82) is 0 Å². The SMILES string of the molecule is F[B-](F)(F)F.F[B-](F)(F)F.[Cu]. The van der Waals surface area contributed by atoms with E-state index in [0.717, 1.165) is 0 Å². The molecule has 0 fully saturated rings. The minimum absolute atomic E-state index is 0. The molecule has 0 nitrogen and oxygen atoms in total. The minimum Gasteiger partial charge on any atom is -0.418 e. The van der Waals surface area contributed by atoms with Gasteiger partial charge in [0, 0.05) is 17.1 Å². The molecule has 0 saturated heterocycles. The Hall–Kier alpha value is 0.0894. The van der Waals surface area contributed by atoms with Crippen LogP contribution in [0.4, 0.5) is 34.5 Å². The van der Waals surface area contributed by atoms with Gasteiger partial charge in [-0.3, -0.25) is 0 Å². The first kappa shape index (κ1) is 17.3. The van der Waals surface area contributed by atoms with Gasteiger partial charge in [0.25, 0.3) is 0 Å². The molecule has 1 radical (unpaired) electrons. The third-order valence-electron chi connectivity index (χ3n) is 0. The number of rotatable bonds is 0. The van der Waals surface area contributed by atoms with Gasteiger partial charge in [-0.05, 0) is 0 Å². The number of halogens is 8. The summed E-state index contributed by atoms with van der Waals surface area (Å²) in [5.74, 6) is 0. The summed E-state index contributed by atoms with van der Waals surface area (Å²) in [5.41, 5.74) is 0. The van der Waals surface area contributed by atoms with Crippen LogP contribution in [-0.4, -0.2) is 14.5 Å². The molecule has 0 saturated carbocycles. The molecule has 0 heterocycles. The molecule has 0 aromatic heterocycles. The van der Waals surface area contributed by atoms with Crippen molar-refractivity contribution in [2.45, 2.75) is 0 Å². The fraction of sp³-hybridized carbons (Fsp3) is 0. The molecule has 0 aromatic rings. The van der Waals surface area contributed by atoms with Crippen LogP contribution in [0.2, 0.25) is 0 Å². The molecule has 0 atom stereocenters. The molecule has 0 aromatic carbocycles. The van der Waals surface area contributed by atoms with Crippen molar-refractivity contribution in [3.05, 3.63) is 0 Å². The zero-order valence-corrected chi connectivity index (χ0v) is 5.42. The first-order valence-corrected chi connectivity index (χ1v) is 1.75. The Morgan fingerprint density at radius 1 is 0.455 bits per heavy atom. The van der Waals surface area contributed by atoms with Gasteiger partial charge in [-0.15, -0.1) is 0 Å². The summed E-state index contributed by atoms with van der Waals surface area (Å²) >= 11 is 0. The van der Waals surface area contributed by atoms with E-state index < -0.39 is 14.5 Å². The van der Waals surface area contributed by atoms with Gasteiger partial charge in [-0.25, -0.2) is 0 Å². The molecule has 0 amide bonds. The monoisotopic (exact) mass is 237 g/mol. The Balaban J connectivity index is -0.000000107. The van der Waals surface area contributed by atoms with Crippen LogP contribution in [0.25, 0.3) is 0 Å². The molecular weight excluding hydrogens is 237 g/mol. The zero-order chi connectivity index (χ0) is 9.00. The molecule has 11 heavy (non-hydrogen) atoms. The fourth-order valence-electron chi connectivity index (χ4n) is 0. The van der Waals surface area contributed by atoms with Gasteiger partial charge in [-0.2, -0.15) is 0 Å². The van der Waals surface area contributed by atoms with E-state index in [4.69, 9.17) is 0 Å². The first-order valence-electron chi connectivity index (χ1n) is 1.75. The van der Waals surface area contributed by atoms with E-state index in [-0.39, 0.29) is 17.1 Å². The summed E-state index contributed by atoms with van der Waals surface area (Å²) in [6.07, 6.45) is 0. The smallest absolute Gasteiger partial charge is 0.418 e. The molecule has 0 spiro atoms. The minimum atomic E-state index is -6.00. The summed E-state index contributed by atoms with van der Waals surface area (Å²) in [6.45, 7) is 0.